The van der Waals surface area contributed by atoms with E-state index < -0.39 is 0 Å². The number of aromatic nitrogens is 2. The molecular weight excluding hydrogens is 322 g/mol. The Bertz CT molecular complexity index is 761. The van der Waals surface area contributed by atoms with Gasteiger partial charge in [0.1, 0.15) is 5.03 Å². The summed E-state index contributed by atoms with van der Waals surface area (Å²) in [6.45, 7) is 4.35. The van der Waals surface area contributed by atoms with Crippen molar-refractivity contribution < 1.29 is 9.53 Å². The molecule has 2 aromatic rings. The lowest BCUT2D eigenvalue weighted by atomic mass is 10.1. The molecule has 0 bridgehead atoms. The second kappa shape index (κ2) is 6.69. The maximum atomic E-state index is 12.8. The molecule has 0 N–H and O–H groups in total. The lowest BCUT2D eigenvalue weighted by molar-refractivity contribution is -0.130. The van der Waals surface area contributed by atoms with E-state index in [4.69, 9.17) is 9.72 Å². The number of thioether (sulfide) groups is 1. The molecule has 1 aromatic carbocycles. The first-order valence-corrected chi connectivity index (χ1v) is 9.38. The first-order valence-electron chi connectivity index (χ1n) is 8.50. The van der Waals surface area contributed by atoms with Crippen LogP contribution < -0.4 is 0 Å². The Morgan fingerprint density at radius 2 is 1.83 bits per heavy atom. The largest absolute Gasteiger partial charge is 0.381 e. The average molecular weight is 343 g/mol. The van der Waals surface area contributed by atoms with Gasteiger partial charge in [0.2, 0.25) is 5.91 Å². The van der Waals surface area contributed by atoms with Crippen LogP contribution in [0.15, 0.2) is 29.3 Å². The SMILES string of the molecule is Cc1nc2ccccc2nc1S[C@H]1CCN(C2CCOCC2)C1=O. The molecule has 2 aliphatic rings. The summed E-state index contributed by atoms with van der Waals surface area (Å²) in [6, 6.07) is 8.22. The summed E-state index contributed by atoms with van der Waals surface area (Å²) in [5.41, 5.74) is 2.69. The molecule has 0 saturated carbocycles. The number of likely N-dealkylation sites (tertiary alicyclic amines) is 1. The molecule has 0 spiro atoms. The number of rotatable bonds is 3. The highest BCUT2D eigenvalue weighted by Crippen LogP contribution is 2.33. The van der Waals surface area contributed by atoms with Crippen molar-refractivity contribution in [2.45, 2.75) is 42.5 Å². The number of nitrogens with zero attached hydrogens (tertiary/aromatic N) is 3. The van der Waals surface area contributed by atoms with Gasteiger partial charge in [0, 0.05) is 25.8 Å². The number of benzene rings is 1. The van der Waals surface area contributed by atoms with Crippen LogP contribution in [0, 0.1) is 6.92 Å². The van der Waals surface area contributed by atoms with Gasteiger partial charge in [0.25, 0.3) is 0 Å². The quantitative estimate of drug-likeness (QED) is 0.858. The minimum Gasteiger partial charge on any atom is -0.381 e. The summed E-state index contributed by atoms with van der Waals surface area (Å²) in [4.78, 5) is 24.2. The highest BCUT2D eigenvalue weighted by molar-refractivity contribution is 8.00. The Hall–Kier alpha value is -1.66. The molecular formula is C18H21N3O2S. The molecule has 2 fully saturated rings. The molecule has 4 rings (SSSR count). The Morgan fingerprint density at radius 3 is 2.58 bits per heavy atom. The van der Waals surface area contributed by atoms with Crippen LogP contribution in [0.2, 0.25) is 0 Å². The minimum atomic E-state index is -0.0398. The lowest BCUT2D eigenvalue weighted by Crippen LogP contribution is -2.41. The van der Waals surface area contributed by atoms with Gasteiger partial charge >= 0.3 is 0 Å². The Kier molecular flexibility index (Phi) is 4.41. The van der Waals surface area contributed by atoms with E-state index >= 15 is 0 Å². The third-order valence-corrected chi connectivity index (χ3v) is 6.11. The van der Waals surface area contributed by atoms with Crippen molar-refractivity contribution in [1.29, 1.82) is 0 Å². The third-order valence-electron chi connectivity index (χ3n) is 4.78. The van der Waals surface area contributed by atoms with E-state index in [0.29, 0.717) is 6.04 Å². The number of hydrogen-bond acceptors (Lipinski definition) is 5. The van der Waals surface area contributed by atoms with E-state index in [9.17, 15) is 4.79 Å². The Balaban J connectivity index is 1.51. The van der Waals surface area contributed by atoms with E-state index in [1.807, 2.05) is 31.2 Å². The number of ether oxygens (including phenoxy) is 1. The number of para-hydroxylation sites is 2. The summed E-state index contributed by atoms with van der Waals surface area (Å²) in [5, 5.41) is 0.836. The van der Waals surface area contributed by atoms with Crippen molar-refractivity contribution in [3.05, 3.63) is 30.0 Å². The van der Waals surface area contributed by atoms with E-state index in [2.05, 4.69) is 9.88 Å². The van der Waals surface area contributed by atoms with Crippen molar-refractivity contribution in [1.82, 2.24) is 14.9 Å². The number of hydrogen-bond donors (Lipinski definition) is 0. The number of carbonyl (C=O) groups excluding carboxylic acids is 1. The monoisotopic (exact) mass is 343 g/mol. The zero-order valence-electron chi connectivity index (χ0n) is 13.8. The van der Waals surface area contributed by atoms with Crippen molar-refractivity contribution in [3.8, 4) is 0 Å². The van der Waals surface area contributed by atoms with Crippen molar-refractivity contribution >= 4 is 28.7 Å². The van der Waals surface area contributed by atoms with Crippen LogP contribution in [0.25, 0.3) is 11.0 Å². The summed E-state index contributed by atoms with van der Waals surface area (Å²) in [6.07, 6.45) is 2.80. The van der Waals surface area contributed by atoms with Crippen LogP contribution >= 0.6 is 11.8 Å². The van der Waals surface area contributed by atoms with Crippen LogP contribution in [-0.2, 0) is 9.53 Å². The average Bonchev–Trinajstić information content (AvgIpc) is 2.97. The Morgan fingerprint density at radius 1 is 1.12 bits per heavy atom. The van der Waals surface area contributed by atoms with Crippen molar-refractivity contribution in [2.75, 3.05) is 19.8 Å². The molecule has 2 aliphatic heterocycles. The van der Waals surface area contributed by atoms with Crippen LogP contribution in [0.4, 0.5) is 0 Å². The van der Waals surface area contributed by atoms with Crippen LogP contribution in [-0.4, -0.2) is 51.8 Å². The van der Waals surface area contributed by atoms with Gasteiger partial charge in [0.15, 0.2) is 0 Å². The maximum absolute atomic E-state index is 12.8. The zero-order chi connectivity index (χ0) is 16.5. The fraction of sp³-hybridized carbons (Fsp3) is 0.500. The highest BCUT2D eigenvalue weighted by atomic mass is 32.2. The zero-order valence-corrected chi connectivity index (χ0v) is 14.6. The molecule has 24 heavy (non-hydrogen) atoms. The molecule has 6 heteroatoms. The number of aryl methyl sites for hydroxylation is 1. The predicted octanol–water partition coefficient (Wildman–Crippen LogP) is 2.81. The first-order chi connectivity index (χ1) is 11.7. The summed E-state index contributed by atoms with van der Waals surface area (Å²) in [5.74, 6) is 0.251. The van der Waals surface area contributed by atoms with Gasteiger partial charge in [-0.15, -0.1) is 0 Å². The summed E-state index contributed by atoms with van der Waals surface area (Å²) >= 11 is 1.57. The molecule has 0 unspecified atom stereocenters. The normalized spacial score (nSPS) is 22.5. The molecule has 0 aliphatic carbocycles. The first kappa shape index (κ1) is 15.8. The minimum absolute atomic E-state index is 0.0398. The van der Waals surface area contributed by atoms with Gasteiger partial charge in [-0.2, -0.15) is 0 Å². The van der Waals surface area contributed by atoms with Crippen LogP contribution in [0.3, 0.4) is 0 Å². The fourth-order valence-electron chi connectivity index (χ4n) is 3.46. The van der Waals surface area contributed by atoms with Gasteiger partial charge in [-0.05, 0) is 38.3 Å². The standard InChI is InChI=1S/C18H21N3O2S/c1-12-17(20-15-5-3-2-4-14(15)19-12)24-16-6-9-21(18(16)22)13-7-10-23-11-8-13/h2-5,13,16H,6-11H2,1H3/t16-/m0/s1. The van der Waals surface area contributed by atoms with Gasteiger partial charge < -0.3 is 9.64 Å². The van der Waals surface area contributed by atoms with Gasteiger partial charge in [-0.25, -0.2) is 9.97 Å². The second-order valence-corrected chi connectivity index (χ2v) is 7.56. The molecule has 5 nitrogen and oxygen atoms in total. The molecule has 2 saturated heterocycles. The topological polar surface area (TPSA) is 55.3 Å². The van der Waals surface area contributed by atoms with Crippen molar-refractivity contribution in [3.63, 3.8) is 0 Å². The molecule has 1 aromatic heterocycles. The van der Waals surface area contributed by atoms with E-state index in [-0.39, 0.29) is 11.2 Å². The smallest absolute Gasteiger partial charge is 0.236 e. The number of carbonyl (C=O) groups is 1. The predicted molar refractivity (Wildman–Crippen MR) is 94.1 cm³/mol. The summed E-state index contributed by atoms with van der Waals surface area (Å²) < 4.78 is 5.41. The third kappa shape index (κ3) is 3.00. The molecule has 126 valence electrons. The van der Waals surface area contributed by atoms with Gasteiger partial charge in [-0.1, -0.05) is 23.9 Å². The summed E-state index contributed by atoms with van der Waals surface area (Å²) in [7, 11) is 0. The molecule has 1 atom stereocenters. The van der Waals surface area contributed by atoms with E-state index in [1.165, 1.54) is 0 Å². The second-order valence-electron chi connectivity index (χ2n) is 6.37. The van der Waals surface area contributed by atoms with Crippen molar-refractivity contribution in [2.24, 2.45) is 0 Å². The van der Waals surface area contributed by atoms with Gasteiger partial charge in [-0.3, -0.25) is 4.79 Å². The maximum Gasteiger partial charge on any atom is 0.236 e. The lowest BCUT2D eigenvalue weighted by Gasteiger charge is -2.31. The van der Waals surface area contributed by atoms with Gasteiger partial charge in [0.05, 0.1) is 22.0 Å². The fourth-order valence-corrected chi connectivity index (χ4v) is 4.56. The van der Waals surface area contributed by atoms with Crippen LogP contribution in [0.5, 0.6) is 0 Å². The molecule has 1 amide bonds. The van der Waals surface area contributed by atoms with E-state index in [0.717, 1.165) is 60.8 Å². The molecule has 0 radical (unpaired) electrons. The van der Waals surface area contributed by atoms with E-state index in [1.54, 1.807) is 11.8 Å². The van der Waals surface area contributed by atoms with Crippen LogP contribution in [0.1, 0.15) is 25.0 Å². The number of fused-ring (bicyclic) bond motifs is 1. The number of amides is 1. The molecule has 3 heterocycles. The highest BCUT2D eigenvalue weighted by Gasteiger charge is 2.37. The Labute approximate surface area is 145 Å².